The third kappa shape index (κ3) is 16.2. The summed E-state index contributed by atoms with van der Waals surface area (Å²) in [5.41, 5.74) is 0. The Kier molecular flexibility index (Phi) is 13.0. The minimum atomic E-state index is -1.03. The molecule has 0 bridgehead atoms. The SMILES string of the molecule is CC(=O)NCC(=O)O.C[CH2][Ge]([CH2]C)[CH2]C. The normalized spacial score (nSPS) is 9.13. The van der Waals surface area contributed by atoms with Gasteiger partial charge in [-0.25, -0.2) is 0 Å². The first-order valence-corrected chi connectivity index (χ1v) is 9.72. The number of amides is 1. The maximum absolute atomic E-state index is 9.97. The summed E-state index contributed by atoms with van der Waals surface area (Å²) in [7, 11) is 0. The van der Waals surface area contributed by atoms with Gasteiger partial charge < -0.3 is 10.4 Å². The van der Waals surface area contributed by atoms with Gasteiger partial charge in [-0.1, -0.05) is 0 Å². The second-order valence-corrected chi connectivity index (χ2v) is 10.7. The number of nitrogens with one attached hydrogen (secondary N) is 1. The van der Waals surface area contributed by atoms with Crippen LogP contribution in [0.3, 0.4) is 0 Å². The van der Waals surface area contributed by atoms with Crippen LogP contribution in [0.15, 0.2) is 0 Å². The molecule has 0 aromatic carbocycles. The molecule has 0 saturated carbocycles. The Bertz CT molecular complexity index is 162. The Balaban J connectivity index is 0. The van der Waals surface area contributed by atoms with E-state index in [2.05, 4.69) is 26.1 Å². The molecule has 15 heavy (non-hydrogen) atoms. The van der Waals surface area contributed by atoms with E-state index in [0.717, 1.165) is 0 Å². The van der Waals surface area contributed by atoms with Gasteiger partial charge in [0.1, 0.15) is 6.54 Å². The third-order valence-corrected chi connectivity index (χ3v) is 8.28. The summed E-state index contributed by atoms with van der Waals surface area (Å²) in [5, 5.41) is 14.6. The van der Waals surface area contributed by atoms with Gasteiger partial charge in [-0.2, -0.15) is 0 Å². The van der Waals surface area contributed by atoms with Crippen molar-refractivity contribution in [3.8, 4) is 0 Å². The standard InChI is InChI=1S/C6H15Ge.C4H7NO3/c1-4-7(5-2)6-3;1-3(6)5-2-4(7)8/h4-6H2,1-3H3;2H2,1H3,(H,5,6)(H,7,8). The van der Waals surface area contributed by atoms with Crippen LogP contribution in [0.4, 0.5) is 0 Å². The predicted molar refractivity (Wildman–Crippen MR) is 63.5 cm³/mol. The van der Waals surface area contributed by atoms with Crippen LogP contribution in [0, 0.1) is 0 Å². The van der Waals surface area contributed by atoms with Crippen LogP contribution in [-0.4, -0.2) is 37.9 Å². The van der Waals surface area contributed by atoms with Gasteiger partial charge in [-0.3, -0.25) is 9.59 Å². The van der Waals surface area contributed by atoms with Gasteiger partial charge in [-0.15, -0.1) is 0 Å². The number of rotatable bonds is 5. The summed E-state index contributed by atoms with van der Waals surface area (Å²) in [4.78, 5) is 19.7. The van der Waals surface area contributed by atoms with Crippen LogP contribution in [0.5, 0.6) is 0 Å². The molecule has 0 atom stereocenters. The fraction of sp³-hybridized carbons (Fsp3) is 0.800. The number of carbonyl (C=O) groups excluding carboxylic acids is 1. The summed E-state index contributed by atoms with van der Waals surface area (Å²) in [6.07, 6.45) is 0. The van der Waals surface area contributed by atoms with E-state index < -0.39 is 20.3 Å². The van der Waals surface area contributed by atoms with Gasteiger partial charge in [-0.05, 0) is 0 Å². The summed E-state index contributed by atoms with van der Waals surface area (Å²) < 4.78 is 0. The molecule has 0 aliphatic rings. The second-order valence-electron chi connectivity index (χ2n) is 3.11. The topological polar surface area (TPSA) is 66.4 Å². The van der Waals surface area contributed by atoms with Crippen molar-refractivity contribution in [2.24, 2.45) is 0 Å². The first-order chi connectivity index (χ1) is 6.97. The number of aliphatic carboxylic acids is 1. The fourth-order valence-electron chi connectivity index (χ4n) is 0.950. The fourth-order valence-corrected chi connectivity index (χ4v) is 4.10. The van der Waals surface area contributed by atoms with Crippen molar-refractivity contribution in [2.45, 2.75) is 43.5 Å². The third-order valence-electron chi connectivity index (χ3n) is 1.99. The number of carbonyl (C=O) groups is 2. The van der Waals surface area contributed by atoms with Crippen molar-refractivity contribution in [3.05, 3.63) is 0 Å². The van der Waals surface area contributed by atoms with E-state index in [9.17, 15) is 9.59 Å². The minimum absolute atomic E-state index is 0.296. The van der Waals surface area contributed by atoms with Crippen molar-refractivity contribution in [3.63, 3.8) is 0 Å². The Labute approximate surface area is 96.5 Å². The first-order valence-electron chi connectivity index (χ1n) is 5.27. The monoisotopic (exact) mass is 278 g/mol. The Hall–Kier alpha value is -0.517. The van der Waals surface area contributed by atoms with Crippen molar-refractivity contribution in [1.82, 2.24) is 5.32 Å². The Morgan fingerprint density at radius 1 is 1.13 bits per heavy atom. The van der Waals surface area contributed by atoms with Gasteiger partial charge in [0.05, 0.1) is 0 Å². The molecule has 0 aliphatic carbocycles. The average molecular weight is 277 g/mol. The van der Waals surface area contributed by atoms with E-state index in [1.807, 2.05) is 0 Å². The molecule has 4 nitrogen and oxygen atoms in total. The molecule has 0 aromatic rings. The van der Waals surface area contributed by atoms with Crippen LogP contribution in [0.2, 0.25) is 15.8 Å². The molecule has 0 heterocycles. The Morgan fingerprint density at radius 3 is 1.60 bits per heavy atom. The summed E-state index contributed by atoms with van der Waals surface area (Å²) >= 11 is -0.403. The molecule has 5 heteroatoms. The predicted octanol–water partition coefficient (Wildman–Crippen LogP) is 1.75. The van der Waals surface area contributed by atoms with Gasteiger partial charge in [0, 0.05) is 6.92 Å². The zero-order chi connectivity index (χ0) is 12.3. The van der Waals surface area contributed by atoms with Crippen LogP contribution in [-0.2, 0) is 9.59 Å². The number of hydrogen-bond donors (Lipinski definition) is 2. The number of hydrogen-bond acceptors (Lipinski definition) is 2. The zero-order valence-electron chi connectivity index (χ0n) is 10.1. The molecule has 0 aliphatic heterocycles. The molecule has 0 unspecified atom stereocenters. The van der Waals surface area contributed by atoms with E-state index in [1.54, 1.807) is 0 Å². The second kappa shape index (κ2) is 11.6. The van der Waals surface area contributed by atoms with Crippen LogP contribution in [0.25, 0.3) is 0 Å². The van der Waals surface area contributed by atoms with E-state index in [1.165, 1.54) is 22.7 Å². The maximum atomic E-state index is 9.97. The van der Waals surface area contributed by atoms with Crippen molar-refractivity contribution in [1.29, 1.82) is 0 Å². The van der Waals surface area contributed by atoms with Gasteiger partial charge in [0.2, 0.25) is 5.91 Å². The van der Waals surface area contributed by atoms with Crippen LogP contribution in [0.1, 0.15) is 27.7 Å². The summed E-state index contributed by atoms with van der Waals surface area (Å²) in [6, 6.07) is 0. The molecule has 1 radical (unpaired) electrons. The van der Waals surface area contributed by atoms with Crippen molar-refractivity contribution >= 4 is 26.2 Å². The molecule has 2 N–H and O–H groups in total. The van der Waals surface area contributed by atoms with Gasteiger partial charge in [0.15, 0.2) is 0 Å². The molecule has 0 aromatic heterocycles. The van der Waals surface area contributed by atoms with Crippen molar-refractivity contribution in [2.75, 3.05) is 6.54 Å². The average Bonchev–Trinajstić information content (AvgIpc) is 2.18. The number of carboxylic acid groups (broad SMARTS) is 1. The quantitative estimate of drug-likeness (QED) is 0.752. The molecule has 0 spiro atoms. The van der Waals surface area contributed by atoms with Crippen molar-refractivity contribution < 1.29 is 14.7 Å². The Morgan fingerprint density at radius 2 is 1.53 bits per heavy atom. The molecule has 0 rings (SSSR count). The van der Waals surface area contributed by atoms with Gasteiger partial charge >= 0.3 is 56.8 Å². The molecule has 0 fully saturated rings. The summed E-state index contributed by atoms with van der Waals surface area (Å²) in [5.74, 6) is -1.35. The zero-order valence-corrected chi connectivity index (χ0v) is 12.2. The number of carboxylic acids is 1. The molecule has 89 valence electrons. The van der Waals surface area contributed by atoms with E-state index >= 15 is 0 Å². The molecular formula is C10H22GeNO3. The van der Waals surface area contributed by atoms with E-state index in [-0.39, 0.29) is 12.5 Å². The van der Waals surface area contributed by atoms with Gasteiger partial charge in [0.25, 0.3) is 0 Å². The summed E-state index contributed by atoms with van der Waals surface area (Å²) in [6.45, 7) is 7.98. The molecular weight excluding hydrogens is 255 g/mol. The first kappa shape index (κ1) is 16.9. The van der Waals surface area contributed by atoms with Crippen LogP contribution < -0.4 is 5.32 Å². The van der Waals surface area contributed by atoms with Crippen LogP contribution >= 0.6 is 0 Å². The molecule has 1 amide bonds. The van der Waals surface area contributed by atoms with E-state index in [4.69, 9.17) is 5.11 Å². The van der Waals surface area contributed by atoms with E-state index in [0.29, 0.717) is 0 Å². The molecule has 0 saturated heterocycles.